The van der Waals surface area contributed by atoms with Crippen LogP contribution >= 0.6 is 0 Å². The maximum Gasteiger partial charge on any atom is 0.270 e. The average Bonchev–Trinajstić information content (AvgIpc) is 2.53. The smallest absolute Gasteiger partial charge is 0.270 e. The fourth-order valence-electron chi connectivity index (χ4n) is 2.19. The highest BCUT2D eigenvalue weighted by Gasteiger charge is 2.07. The summed E-state index contributed by atoms with van der Waals surface area (Å²) in [6.45, 7) is 2.55. The van der Waals surface area contributed by atoms with Gasteiger partial charge in [0.15, 0.2) is 0 Å². The predicted molar refractivity (Wildman–Crippen MR) is 84.1 cm³/mol. The fourth-order valence-corrected chi connectivity index (χ4v) is 2.19. The van der Waals surface area contributed by atoms with Crippen molar-refractivity contribution in [3.8, 4) is 0 Å². The molecule has 3 nitrogen and oxygen atoms in total. The minimum absolute atomic E-state index is 0.152. The van der Waals surface area contributed by atoms with Crippen molar-refractivity contribution >= 4 is 16.7 Å². The van der Waals surface area contributed by atoms with Gasteiger partial charge in [0.2, 0.25) is 0 Å². The molecule has 0 saturated heterocycles. The molecule has 0 radical (unpaired) electrons. The van der Waals surface area contributed by atoms with E-state index in [1.54, 1.807) is 6.20 Å². The number of rotatable bonds is 3. The van der Waals surface area contributed by atoms with Gasteiger partial charge in [-0.05, 0) is 23.9 Å². The molecule has 0 atom stereocenters. The van der Waals surface area contributed by atoms with E-state index in [1.165, 1.54) is 5.56 Å². The summed E-state index contributed by atoms with van der Waals surface area (Å²) in [5.74, 6) is -0.152. The molecule has 0 aliphatic carbocycles. The van der Waals surface area contributed by atoms with Gasteiger partial charge in [0.05, 0.1) is 0 Å². The first-order valence-electron chi connectivity index (χ1n) is 6.91. The van der Waals surface area contributed by atoms with Crippen LogP contribution in [0.5, 0.6) is 0 Å². The number of aryl methyl sites for hydroxylation is 1. The van der Waals surface area contributed by atoms with Crippen molar-refractivity contribution < 1.29 is 4.79 Å². The van der Waals surface area contributed by atoms with E-state index < -0.39 is 0 Å². The largest absolute Gasteiger partial charge is 0.347 e. The first kappa shape index (κ1) is 13.3. The van der Waals surface area contributed by atoms with Gasteiger partial charge in [-0.1, -0.05) is 54.1 Å². The molecule has 0 saturated carbocycles. The Kier molecular flexibility index (Phi) is 3.65. The number of nitrogens with one attached hydrogen (secondary N) is 1. The second kappa shape index (κ2) is 5.75. The lowest BCUT2D eigenvalue weighted by Crippen LogP contribution is -2.23. The molecule has 1 amide bonds. The monoisotopic (exact) mass is 276 g/mol. The Labute approximate surface area is 123 Å². The van der Waals surface area contributed by atoms with Gasteiger partial charge >= 0.3 is 0 Å². The molecule has 0 spiro atoms. The lowest BCUT2D eigenvalue weighted by Gasteiger charge is -2.06. The number of carbonyl (C=O) groups is 1. The van der Waals surface area contributed by atoms with Crippen molar-refractivity contribution in [1.29, 1.82) is 0 Å². The van der Waals surface area contributed by atoms with Crippen LogP contribution in [0.2, 0.25) is 0 Å². The molecule has 0 aliphatic heterocycles. The zero-order valence-corrected chi connectivity index (χ0v) is 11.8. The van der Waals surface area contributed by atoms with E-state index >= 15 is 0 Å². The first-order chi connectivity index (χ1) is 10.2. The van der Waals surface area contributed by atoms with Gasteiger partial charge in [0.25, 0.3) is 5.91 Å². The Bertz CT molecular complexity index is 779. The molecular formula is C18H16N2O. The van der Waals surface area contributed by atoms with E-state index in [0.717, 1.165) is 16.3 Å². The number of amides is 1. The minimum atomic E-state index is -0.152. The third-order valence-electron chi connectivity index (χ3n) is 3.44. The molecule has 0 unspecified atom stereocenters. The van der Waals surface area contributed by atoms with E-state index in [4.69, 9.17) is 0 Å². The van der Waals surface area contributed by atoms with E-state index in [1.807, 2.05) is 61.5 Å². The van der Waals surface area contributed by atoms with Crippen LogP contribution < -0.4 is 5.32 Å². The average molecular weight is 276 g/mol. The zero-order chi connectivity index (χ0) is 14.7. The van der Waals surface area contributed by atoms with E-state index in [2.05, 4.69) is 10.3 Å². The molecule has 3 heteroatoms. The van der Waals surface area contributed by atoms with Gasteiger partial charge in [-0.15, -0.1) is 0 Å². The maximum absolute atomic E-state index is 12.2. The van der Waals surface area contributed by atoms with Crippen LogP contribution in [0, 0.1) is 6.92 Å². The predicted octanol–water partition coefficient (Wildman–Crippen LogP) is 3.47. The number of pyridine rings is 1. The topological polar surface area (TPSA) is 42.0 Å². The number of carbonyl (C=O) groups excluding carboxylic acids is 1. The van der Waals surface area contributed by atoms with Crippen LogP contribution in [0.25, 0.3) is 10.8 Å². The zero-order valence-electron chi connectivity index (χ0n) is 11.8. The molecule has 0 fully saturated rings. The first-order valence-corrected chi connectivity index (χ1v) is 6.91. The third-order valence-corrected chi connectivity index (χ3v) is 3.44. The number of fused-ring (bicyclic) bond motifs is 1. The molecule has 1 aromatic heterocycles. The summed E-state index contributed by atoms with van der Waals surface area (Å²) in [6.07, 6.45) is 1.73. The summed E-state index contributed by atoms with van der Waals surface area (Å²) in [6, 6.07) is 17.8. The Balaban J connectivity index is 1.73. The van der Waals surface area contributed by atoms with Gasteiger partial charge in [-0.25, -0.2) is 0 Å². The maximum atomic E-state index is 12.2. The number of nitrogens with zero attached hydrogens (tertiary/aromatic N) is 1. The number of hydrogen-bond acceptors (Lipinski definition) is 2. The highest BCUT2D eigenvalue weighted by molar-refractivity contribution is 5.96. The molecule has 1 N–H and O–H groups in total. The van der Waals surface area contributed by atoms with Crippen LogP contribution in [-0.4, -0.2) is 10.9 Å². The summed E-state index contributed by atoms with van der Waals surface area (Å²) >= 11 is 0. The third kappa shape index (κ3) is 3.08. The minimum Gasteiger partial charge on any atom is -0.347 e. The van der Waals surface area contributed by atoms with Crippen LogP contribution in [-0.2, 0) is 6.54 Å². The van der Waals surface area contributed by atoms with Gasteiger partial charge in [0, 0.05) is 18.1 Å². The van der Waals surface area contributed by atoms with E-state index in [-0.39, 0.29) is 5.91 Å². The quantitative estimate of drug-likeness (QED) is 0.796. The summed E-state index contributed by atoms with van der Waals surface area (Å²) in [7, 11) is 0. The van der Waals surface area contributed by atoms with Crippen molar-refractivity contribution in [3.63, 3.8) is 0 Å². The lowest BCUT2D eigenvalue weighted by molar-refractivity contribution is 0.0946. The van der Waals surface area contributed by atoms with Crippen molar-refractivity contribution in [2.24, 2.45) is 0 Å². The normalized spacial score (nSPS) is 10.5. The summed E-state index contributed by atoms with van der Waals surface area (Å²) in [4.78, 5) is 16.4. The molecule has 2 aromatic carbocycles. The molecule has 1 heterocycles. The molecule has 0 bridgehead atoms. The van der Waals surface area contributed by atoms with Crippen LogP contribution in [0.3, 0.4) is 0 Å². The van der Waals surface area contributed by atoms with Gasteiger partial charge < -0.3 is 5.32 Å². The van der Waals surface area contributed by atoms with Crippen LogP contribution in [0.1, 0.15) is 21.6 Å². The fraction of sp³-hybridized carbons (Fsp3) is 0.111. The second-order valence-electron chi connectivity index (χ2n) is 5.08. The van der Waals surface area contributed by atoms with Crippen LogP contribution in [0.15, 0.2) is 60.8 Å². The van der Waals surface area contributed by atoms with Crippen molar-refractivity contribution in [3.05, 3.63) is 77.6 Å². The SMILES string of the molecule is Cc1ccc(CNC(=O)c2cc3ccccc3cn2)cc1. The van der Waals surface area contributed by atoms with E-state index in [9.17, 15) is 4.79 Å². The Morgan fingerprint density at radius 1 is 1.05 bits per heavy atom. The van der Waals surface area contributed by atoms with Crippen molar-refractivity contribution in [2.45, 2.75) is 13.5 Å². The summed E-state index contributed by atoms with van der Waals surface area (Å²) in [5.41, 5.74) is 2.73. The van der Waals surface area contributed by atoms with Crippen molar-refractivity contribution in [2.75, 3.05) is 0 Å². The molecule has 104 valence electrons. The summed E-state index contributed by atoms with van der Waals surface area (Å²) < 4.78 is 0. The molecular weight excluding hydrogens is 260 g/mol. The standard InChI is InChI=1S/C18H16N2O/c1-13-6-8-14(9-7-13)11-20-18(21)17-10-15-4-2-3-5-16(15)12-19-17/h2-10,12H,11H2,1H3,(H,20,21). The van der Waals surface area contributed by atoms with Crippen LogP contribution in [0.4, 0.5) is 0 Å². The van der Waals surface area contributed by atoms with Gasteiger partial charge in [-0.3, -0.25) is 9.78 Å². The van der Waals surface area contributed by atoms with Gasteiger partial charge in [0.1, 0.15) is 5.69 Å². The number of benzene rings is 2. The lowest BCUT2D eigenvalue weighted by atomic mass is 10.1. The molecule has 3 rings (SSSR count). The van der Waals surface area contributed by atoms with Crippen molar-refractivity contribution in [1.82, 2.24) is 10.3 Å². The highest BCUT2D eigenvalue weighted by Crippen LogP contribution is 2.13. The second-order valence-corrected chi connectivity index (χ2v) is 5.08. The molecule has 0 aliphatic rings. The Morgan fingerprint density at radius 2 is 1.76 bits per heavy atom. The number of aromatic nitrogens is 1. The molecule has 3 aromatic rings. The van der Waals surface area contributed by atoms with E-state index in [0.29, 0.717) is 12.2 Å². The summed E-state index contributed by atoms with van der Waals surface area (Å²) in [5, 5.41) is 4.95. The Hall–Kier alpha value is -2.68. The number of hydrogen-bond donors (Lipinski definition) is 1. The molecule has 21 heavy (non-hydrogen) atoms. The van der Waals surface area contributed by atoms with Gasteiger partial charge in [-0.2, -0.15) is 0 Å². The Morgan fingerprint density at radius 3 is 2.52 bits per heavy atom. The highest BCUT2D eigenvalue weighted by atomic mass is 16.1.